The summed E-state index contributed by atoms with van der Waals surface area (Å²) in [5.74, 6) is 2.48. The maximum absolute atomic E-state index is 13.2. The second-order valence-corrected chi connectivity index (χ2v) is 9.09. The van der Waals surface area contributed by atoms with Gasteiger partial charge in [-0.25, -0.2) is 4.68 Å². The van der Waals surface area contributed by atoms with Crippen LogP contribution >= 0.6 is 11.8 Å². The molecule has 0 bridgehead atoms. The first-order valence-electron chi connectivity index (χ1n) is 10.5. The van der Waals surface area contributed by atoms with E-state index in [1.54, 1.807) is 23.8 Å². The lowest BCUT2D eigenvalue weighted by molar-refractivity contribution is -0.122. The normalized spacial score (nSPS) is 17.5. The van der Waals surface area contributed by atoms with Crippen LogP contribution in [0.5, 0.6) is 5.75 Å². The Morgan fingerprint density at radius 1 is 1.09 bits per heavy atom. The second kappa shape index (κ2) is 8.35. The number of hydrogen-bond donors (Lipinski definition) is 1. The van der Waals surface area contributed by atoms with Crippen molar-refractivity contribution in [2.45, 2.75) is 24.9 Å². The van der Waals surface area contributed by atoms with Crippen molar-refractivity contribution >= 4 is 35.1 Å². The van der Waals surface area contributed by atoms with Crippen LogP contribution in [0.1, 0.15) is 23.2 Å². The number of aryl methyl sites for hydroxylation is 1. The molecule has 5 rings (SSSR count). The zero-order valence-electron chi connectivity index (χ0n) is 18.0. The van der Waals surface area contributed by atoms with Crippen molar-refractivity contribution in [2.24, 2.45) is 5.92 Å². The molecule has 2 aromatic carbocycles. The fourth-order valence-corrected chi connectivity index (χ4v) is 5.16. The van der Waals surface area contributed by atoms with Gasteiger partial charge in [-0.05, 0) is 43.3 Å². The number of methoxy groups -OCH3 is 1. The van der Waals surface area contributed by atoms with E-state index in [2.05, 4.69) is 5.32 Å². The third-order valence-corrected chi connectivity index (χ3v) is 6.92. The predicted molar refractivity (Wildman–Crippen MR) is 125 cm³/mol. The Morgan fingerprint density at radius 2 is 1.81 bits per heavy atom. The molecule has 3 aromatic rings. The van der Waals surface area contributed by atoms with Gasteiger partial charge in [-0.3, -0.25) is 9.59 Å². The van der Waals surface area contributed by atoms with Crippen LogP contribution in [0.15, 0.2) is 48.5 Å². The second-order valence-electron chi connectivity index (χ2n) is 8.11. The summed E-state index contributed by atoms with van der Waals surface area (Å²) in [6, 6.07) is 15.4. The molecule has 1 N–H and O–H groups in total. The average molecular weight is 449 g/mol. The summed E-state index contributed by atoms with van der Waals surface area (Å²) in [6.45, 7) is 2.39. The fourth-order valence-electron chi connectivity index (χ4n) is 4.13. The molecule has 8 heteroatoms. The van der Waals surface area contributed by atoms with Crippen LogP contribution in [-0.4, -0.2) is 35.2 Å². The molecule has 0 radical (unpaired) electrons. The van der Waals surface area contributed by atoms with Gasteiger partial charge in [0.1, 0.15) is 11.6 Å². The number of nitrogens with zero attached hydrogens (tertiary/aromatic N) is 3. The van der Waals surface area contributed by atoms with Crippen LogP contribution in [0.4, 0.5) is 11.5 Å². The quantitative estimate of drug-likeness (QED) is 0.640. The Hall–Kier alpha value is -3.26. The van der Waals surface area contributed by atoms with Crippen LogP contribution in [0.2, 0.25) is 0 Å². The third kappa shape index (κ3) is 3.75. The van der Waals surface area contributed by atoms with E-state index < -0.39 is 5.92 Å². The summed E-state index contributed by atoms with van der Waals surface area (Å²) in [4.78, 5) is 27.5. The van der Waals surface area contributed by atoms with E-state index in [1.165, 1.54) is 0 Å². The van der Waals surface area contributed by atoms with E-state index in [-0.39, 0.29) is 18.2 Å². The molecule has 164 valence electrons. The van der Waals surface area contributed by atoms with Crippen LogP contribution in [0, 0.1) is 12.8 Å². The topological polar surface area (TPSA) is 76.5 Å². The molecule has 0 saturated carbocycles. The molecule has 3 heterocycles. The summed E-state index contributed by atoms with van der Waals surface area (Å²) in [7, 11) is 1.60. The molecule has 1 aromatic heterocycles. The highest BCUT2D eigenvalue weighted by atomic mass is 32.2. The largest absolute Gasteiger partial charge is 0.497 e. The number of carbonyl (C=O) groups is 2. The smallest absolute Gasteiger partial charge is 0.230 e. The molecule has 2 aliphatic heterocycles. The van der Waals surface area contributed by atoms with E-state index in [0.29, 0.717) is 12.4 Å². The zero-order valence-corrected chi connectivity index (χ0v) is 18.8. The lowest BCUT2D eigenvalue weighted by Gasteiger charge is -2.17. The van der Waals surface area contributed by atoms with Gasteiger partial charge in [0.15, 0.2) is 0 Å². The highest BCUT2D eigenvalue weighted by molar-refractivity contribution is 7.98. The van der Waals surface area contributed by atoms with E-state index in [9.17, 15) is 9.59 Å². The van der Waals surface area contributed by atoms with Gasteiger partial charge in [0.05, 0.1) is 24.4 Å². The summed E-state index contributed by atoms with van der Waals surface area (Å²) in [6.07, 6.45) is 0.188. The third-order valence-electron chi connectivity index (χ3n) is 5.95. The number of thioether (sulfide) groups is 1. The van der Waals surface area contributed by atoms with Crippen molar-refractivity contribution < 1.29 is 14.3 Å². The first-order valence-corrected chi connectivity index (χ1v) is 11.7. The number of benzene rings is 2. The number of hydrogen-bond acceptors (Lipinski definition) is 5. The summed E-state index contributed by atoms with van der Waals surface area (Å²) < 4.78 is 7.01. The van der Waals surface area contributed by atoms with Crippen molar-refractivity contribution in [1.82, 2.24) is 9.78 Å². The lowest BCUT2D eigenvalue weighted by atomic mass is 10.1. The van der Waals surface area contributed by atoms with Crippen LogP contribution in [0.25, 0.3) is 5.69 Å². The van der Waals surface area contributed by atoms with Crippen LogP contribution < -0.4 is 15.0 Å². The summed E-state index contributed by atoms with van der Waals surface area (Å²) >= 11 is 1.79. The van der Waals surface area contributed by atoms with E-state index in [4.69, 9.17) is 9.84 Å². The summed E-state index contributed by atoms with van der Waals surface area (Å²) in [5.41, 5.74) is 4.92. The number of rotatable bonds is 5. The van der Waals surface area contributed by atoms with Gasteiger partial charge in [0.25, 0.3) is 0 Å². The zero-order chi connectivity index (χ0) is 22.2. The molecule has 7 nitrogen and oxygen atoms in total. The van der Waals surface area contributed by atoms with Gasteiger partial charge in [0, 0.05) is 35.7 Å². The molecule has 0 spiro atoms. The molecule has 32 heavy (non-hydrogen) atoms. The minimum Gasteiger partial charge on any atom is -0.497 e. The van der Waals surface area contributed by atoms with Gasteiger partial charge in [-0.15, -0.1) is 0 Å². The van der Waals surface area contributed by atoms with Crippen LogP contribution in [-0.2, 0) is 21.1 Å². The number of fused-ring (bicyclic) bond motifs is 1. The molecule has 2 aliphatic rings. The van der Waals surface area contributed by atoms with E-state index >= 15 is 0 Å². The van der Waals surface area contributed by atoms with Gasteiger partial charge in [-0.1, -0.05) is 17.7 Å². The molecule has 1 unspecified atom stereocenters. The molecule has 1 atom stereocenters. The predicted octanol–water partition coefficient (Wildman–Crippen LogP) is 3.93. The number of nitrogens with one attached hydrogen (secondary N) is 1. The number of anilines is 2. The monoisotopic (exact) mass is 448 g/mol. The van der Waals surface area contributed by atoms with Crippen molar-refractivity contribution in [3.8, 4) is 11.4 Å². The van der Waals surface area contributed by atoms with Gasteiger partial charge in [0.2, 0.25) is 11.8 Å². The molecule has 2 amide bonds. The Labute approximate surface area is 190 Å². The first kappa shape index (κ1) is 20.6. The highest BCUT2D eigenvalue weighted by Crippen LogP contribution is 2.37. The van der Waals surface area contributed by atoms with Gasteiger partial charge in [-0.2, -0.15) is 16.9 Å². The lowest BCUT2D eigenvalue weighted by Crippen LogP contribution is -2.28. The molecule has 1 fully saturated rings. The average Bonchev–Trinajstić information content (AvgIpc) is 3.50. The minimum absolute atomic E-state index is 0.0526. The molecule has 0 aliphatic carbocycles. The highest BCUT2D eigenvalue weighted by Gasteiger charge is 2.36. The Bertz CT molecular complexity index is 1170. The van der Waals surface area contributed by atoms with Crippen molar-refractivity contribution in [1.29, 1.82) is 0 Å². The fraction of sp³-hybridized carbons (Fsp3) is 0.292. The molecule has 1 saturated heterocycles. The number of carbonyl (C=O) groups excluding carboxylic acids is 2. The Balaban J connectivity index is 1.37. The minimum atomic E-state index is -0.421. The SMILES string of the molecule is COc1ccc(N2CC(C(=O)Nc3c4c(nn3-c3ccc(C)cc3)CSC4)CC2=O)cc1. The van der Waals surface area contributed by atoms with Crippen molar-refractivity contribution in [2.75, 3.05) is 23.9 Å². The maximum Gasteiger partial charge on any atom is 0.230 e. The van der Waals surface area contributed by atoms with Crippen molar-refractivity contribution in [3.05, 3.63) is 65.4 Å². The summed E-state index contributed by atoms with van der Waals surface area (Å²) in [5, 5.41) is 7.86. The van der Waals surface area contributed by atoms with Gasteiger partial charge >= 0.3 is 0 Å². The molecular weight excluding hydrogens is 424 g/mol. The van der Waals surface area contributed by atoms with E-state index in [0.717, 1.165) is 45.5 Å². The van der Waals surface area contributed by atoms with Gasteiger partial charge < -0.3 is 15.0 Å². The molecular formula is C24H24N4O3S. The Kier molecular flexibility index (Phi) is 5.38. The van der Waals surface area contributed by atoms with E-state index in [1.807, 2.05) is 60.1 Å². The number of aromatic nitrogens is 2. The standard InChI is InChI=1S/C24H24N4O3S/c1-15-3-5-18(6-4-15)28-23(20-13-32-14-21(20)26-28)25-24(30)16-11-22(29)27(12-16)17-7-9-19(31-2)10-8-17/h3-10,16H,11-14H2,1-2H3,(H,25,30). The van der Waals surface area contributed by atoms with Crippen molar-refractivity contribution in [3.63, 3.8) is 0 Å². The maximum atomic E-state index is 13.2. The Morgan fingerprint density at radius 3 is 2.53 bits per heavy atom. The number of amides is 2. The number of ether oxygens (including phenoxy) is 1. The van der Waals surface area contributed by atoms with Crippen LogP contribution in [0.3, 0.4) is 0 Å². The first-order chi connectivity index (χ1) is 15.5.